The molecule has 1 fully saturated rings. The van der Waals surface area contributed by atoms with Crippen molar-refractivity contribution in [1.82, 2.24) is 10.4 Å². The third-order valence-electron chi connectivity index (χ3n) is 4.20. The van der Waals surface area contributed by atoms with Crippen molar-refractivity contribution in [2.45, 2.75) is 25.7 Å². The van der Waals surface area contributed by atoms with Gasteiger partial charge in [-0.05, 0) is 38.1 Å². The van der Waals surface area contributed by atoms with Crippen LogP contribution in [0.15, 0.2) is 15.0 Å². The number of amidine groups is 1. The molecule has 1 aliphatic carbocycles. The Bertz CT molecular complexity index is 475. The van der Waals surface area contributed by atoms with Crippen LogP contribution in [0, 0.1) is 11.8 Å². The van der Waals surface area contributed by atoms with Gasteiger partial charge in [-0.25, -0.2) is 15.0 Å². The van der Waals surface area contributed by atoms with Crippen molar-refractivity contribution in [3.05, 3.63) is 0 Å². The highest BCUT2D eigenvalue weighted by Gasteiger charge is 2.28. The van der Waals surface area contributed by atoms with E-state index in [4.69, 9.17) is 5.73 Å². The number of amides is 1. The number of nitrogens with zero attached hydrogens (tertiary/aromatic N) is 4. The van der Waals surface area contributed by atoms with Gasteiger partial charge >= 0.3 is 0 Å². The summed E-state index contributed by atoms with van der Waals surface area (Å²) >= 11 is 0. The lowest BCUT2D eigenvalue weighted by molar-refractivity contribution is -0.130. The van der Waals surface area contributed by atoms with Crippen LogP contribution in [0.25, 0.3) is 0 Å². The first-order valence-electron chi connectivity index (χ1n) is 7.16. The lowest BCUT2D eigenvalue weighted by Crippen LogP contribution is -2.50. The number of aliphatic imine (C=N–C) groups is 3. The van der Waals surface area contributed by atoms with Crippen LogP contribution in [0.5, 0.6) is 0 Å². The number of carbonyl (C=O) groups is 1. The number of rotatable bonds is 3. The van der Waals surface area contributed by atoms with Crippen molar-refractivity contribution in [2.75, 3.05) is 19.8 Å². The van der Waals surface area contributed by atoms with Crippen LogP contribution in [0.2, 0.25) is 0 Å². The van der Waals surface area contributed by atoms with Crippen LogP contribution >= 0.6 is 0 Å². The van der Waals surface area contributed by atoms with Crippen molar-refractivity contribution in [3.8, 4) is 0 Å². The van der Waals surface area contributed by atoms with E-state index in [2.05, 4.69) is 20.4 Å². The lowest BCUT2D eigenvalue weighted by Gasteiger charge is -2.30. The monoisotopic (exact) mass is 276 g/mol. The molecule has 0 unspecified atom stereocenters. The first-order valence-corrected chi connectivity index (χ1v) is 7.16. The number of hydrazine groups is 1. The van der Waals surface area contributed by atoms with E-state index in [1.807, 2.05) is 0 Å². The maximum Gasteiger partial charge on any atom is 0.237 e. The van der Waals surface area contributed by atoms with Gasteiger partial charge in [0.1, 0.15) is 18.7 Å². The molecule has 0 saturated heterocycles. The fourth-order valence-electron chi connectivity index (χ4n) is 2.89. The van der Waals surface area contributed by atoms with Gasteiger partial charge in [-0.2, -0.15) is 5.01 Å². The van der Waals surface area contributed by atoms with E-state index in [-0.39, 0.29) is 11.8 Å². The Balaban J connectivity index is 1.50. The molecule has 0 atom stereocenters. The number of nitrogens with two attached hydrogens (primary N) is 1. The fourth-order valence-corrected chi connectivity index (χ4v) is 2.89. The SMILES string of the molecule is NCC1CCC(C(=O)NN2CN=C3N=CN=C3C2)CC1. The molecule has 0 spiro atoms. The number of hydrogen-bond donors (Lipinski definition) is 2. The standard InChI is InChI=1S/C13H20N6O/c14-5-9-1-3-10(4-2-9)13(20)18-19-6-11-12(17-8-19)16-7-15-11/h7,9-10H,1-6,8,14H2,(H,18,20). The molecule has 0 aromatic carbocycles. The van der Waals surface area contributed by atoms with Crippen molar-refractivity contribution >= 4 is 23.8 Å². The van der Waals surface area contributed by atoms with E-state index >= 15 is 0 Å². The van der Waals surface area contributed by atoms with Gasteiger partial charge in [-0.3, -0.25) is 10.2 Å². The highest BCUT2D eigenvalue weighted by Crippen LogP contribution is 2.28. The third-order valence-corrected chi connectivity index (χ3v) is 4.20. The van der Waals surface area contributed by atoms with E-state index < -0.39 is 0 Å². The molecule has 7 heteroatoms. The Labute approximate surface area is 118 Å². The van der Waals surface area contributed by atoms with Gasteiger partial charge in [-0.15, -0.1) is 0 Å². The Morgan fingerprint density at radius 1 is 1.40 bits per heavy atom. The van der Waals surface area contributed by atoms with Crippen LogP contribution in [0.4, 0.5) is 0 Å². The molecule has 0 bridgehead atoms. The second kappa shape index (κ2) is 5.80. The highest BCUT2D eigenvalue weighted by atomic mass is 16.2. The minimum absolute atomic E-state index is 0.0960. The molecule has 3 rings (SSSR count). The van der Waals surface area contributed by atoms with E-state index in [0.29, 0.717) is 25.0 Å². The van der Waals surface area contributed by atoms with E-state index in [1.54, 1.807) is 5.01 Å². The largest absolute Gasteiger partial charge is 0.330 e. The van der Waals surface area contributed by atoms with Crippen LogP contribution in [-0.2, 0) is 4.79 Å². The summed E-state index contributed by atoms with van der Waals surface area (Å²) in [5, 5.41) is 1.80. The summed E-state index contributed by atoms with van der Waals surface area (Å²) in [6.07, 6.45) is 5.47. The van der Waals surface area contributed by atoms with Gasteiger partial charge in [0.15, 0.2) is 5.84 Å². The molecule has 2 heterocycles. The van der Waals surface area contributed by atoms with Gasteiger partial charge in [-0.1, -0.05) is 0 Å². The molecule has 3 N–H and O–H groups in total. The first-order chi connectivity index (χ1) is 9.76. The molecule has 0 aromatic rings. The Kier molecular flexibility index (Phi) is 3.88. The normalized spacial score (nSPS) is 29.6. The summed E-state index contributed by atoms with van der Waals surface area (Å²) in [5.41, 5.74) is 9.45. The molecule has 108 valence electrons. The van der Waals surface area contributed by atoms with Crippen LogP contribution in [0.3, 0.4) is 0 Å². The molecule has 7 nitrogen and oxygen atoms in total. The second-order valence-corrected chi connectivity index (χ2v) is 5.57. The molecule has 0 radical (unpaired) electrons. The third kappa shape index (κ3) is 2.78. The zero-order valence-corrected chi connectivity index (χ0v) is 11.5. The lowest BCUT2D eigenvalue weighted by atomic mass is 9.82. The molecule has 20 heavy (non-hydrogen) atoms. The molecular formula is C13H20N6O. The average Bonchev–Trinajstić information content (AvgIpc) is 2.95. The molecule has 1 saturated carbocycles. The van der Waals surface area contributed by atoms with Crippen LogP contribution < -0.4 is 11.2 Å². The summed E-state index contributed by atoms with van der Waals surface area (Å²) in [6, 6.07) is 0. The number of hydrogen-bond acceptors (Lipinski definition) is 6. The van der Waals surface area contributed by atoms with Crippen molar-refractivity contribution in [2.24, 2.45) is 32.5 Å². The van der Waals surface area contributed by atoms with Crippen LogP contribution in [0.1, 0.15) is 25.7 Å². The average molecular weight is 276 g/mol. The topological polar surface area (TPSA) is 95.4 Å². The smallest absolute Gasteiger partial charge is 0.237 e. The van der Waals surface area contributed by atoms with Gasteiger partial charge in [0.2, 0.25) is 5.91 Å². The summed E-state index contributed by atoms with van der Waals surface area (Å²) in [7, 11) is 0. The van der Waals surface area contributed by atoms with Crippen molar-refractivity contribution in [1.29, 1.82) is 0 Å². The van der Waals surface area contributed by atoms with Crippen molar-refractivity contribution in [3.63, 3.8) is 0 Å². The maximum absolute atomic E-state index is 12.2. The summed E-state index contributed by atoms with van der Waals surface area (Å²) in [4.78, 5) is 24.7. The molecule has 0 aromatic heterocycles. The number of fused-ring (bicyclic) bond motifs is 1. The number of nitrogens with one attached hydrogen (secondary N) is 1. The summed E-state index contributed by atoms with van der Waals surface area (Å²) < 4.78 is 0. The zero-order chi connectivity index (χ0) is 13.9. The minimum atomic E-state index is 0.0960. The summed E-state index contributed by atoms with van der Waals surface area (Å²) in [6.45, 7) is 1.75. The molecule has 1 amide bonds. The first kappa shape index (κ1) is 13.4. The molecule has 2 aliphatic heterocycles. The Morgan fingerprint density at radius 3 is 2.95 bits per heavy atom. The predicted molar refractivity (Wildman–Crippen MR) is 77.6 cm³/mol. The van der Waals surface area contributed by atoms with Gasteiger partial charge in [0.05, 0.1) is 6.54 Å². The van der Waals surface area contributed by atoms with E-state index in [1.165, 1.54) is 6.34 Å². The maximum atomic E-state index is 12.2. The summed E-state index contributed by atoms with van der Waals surface area (Å²) in [5.74, 6) is 1.48. The van der Waals surface area contributed by atoms with Gasteiger partial charge in [0.25, 0.3) is 0 Å². The predicted octanol–water partition coefficient (Wildman–Crippen LogP) is -0.0628. The quantitative estimate of drug-likeness (QED) is 0.755. The Morgan fingerprint density at radius 2 is 2.20 bits per heavy atom. The van der Waals surface area contributed by atoms with E-state index in [0.717, 1.165) is 37.9 Å². The molecule has 3 aliphatic rings. The van der Waals surface area contributed by atoms with Crippen molar-refractivity contribution < 1.29 is 4.79 Å². The van der Waals surface area contributed by atoms with Gasteiger partial charge in [0, 0.05) is 5.92 Å². The van der Waals surface area contributed by atoms with E-state index in [9.17, 15) is 4.79 Å². The fraction of sp³-hybridized carbons (Fsp3) is 0.692. The van der Waals surface area contributed by atoms with Crippen LogP contribution in [-0.4, -0.2) is 48.6 Å². The zero-order valence-electron chi connectivity index (χ0n) is 11.5. The highest BCUT2D eigenvalue weighted by molar-refractivity contribution is 6.47. The minimum Gasteiger partial charge on any atom is -0.330 e. The molecular weight excluding hydrogens is 256 g/mol. The number of carbonyl (C=O) groups excluding carboxylic acids is 1. The van der Waals surface area contributed by atoms with Gasteiger partial charge < -0.3 is 5.73 Å². The second-order valence-electron chi connectivity index (χ2n) is 5.57. The Hall–Kier alpha value is -1.60.